The summed E-state index contributed by atoms with van der Waals surface area (Å²) < 4.78 is 5.08. The summed E-state index contributed by atoms with van der Waals surface area (Å²) in [6.45, 7) is 6.35. The lowest BCUT2D eigenvalue weighted by molar-refractivity contribution is -0.133. The van der Waals surface area contributed by atoms with Crippen LogP contribution in [0.3, 0.4) is 0 Å². The predicted molar refractivity (Wildman–Crippen MR) is 72.4 cm³/mol. The van der Waals surface area contributed by atoms with Gasteiger partial charge >= 0.3 is 0 Å². The monoisotopic (exact) mass is 257 g/mol. The molecule has 5 nitrogen and oxygen atoms in total. The lowest BCUT2D eigenvalue weighted by atomic mass is 10.3. The van der Waals surface area contributed by atoms with E-state index in [1.807, 2.05) is 4.90 Å². The fraction of sp³-hybridized carbons (Fsp3) is 0.923. The molecule has 106 valence electrons. The van der Waals surface area contributed by atoms with Crippen molar-refractivity contribution in [2.45, 2.75) is 32.2 Å². The van der Waals surface area contributed by atoms with Crippen LogP contribution in [-0.4, -0.2) is 68.2 Å². The van der Waals surface area contributed by atoms with Crippen molar-refractivity contribution in [1.82, 2.24) is 9.80 Å². The van der Waals surface area contributed by atoms with Crippen molar-refractivity contribution in [2.24, 2.45) is 5.73 Å². The summed E-state index contributed by atoms with van der Waals surface area (Å²) in [6, 6.07) is 0.501. The van der Waals surface area contributed by atoms with Crippen molar-refractivity contribution in [2.75, 3.05) is 46.4 Å². The van der Waals surface area contributed by atoms with Gasteiger partial charge in [0.25, 0.3) is 0 Å². The highest BCUT2D eigenvalue weighted by Crippen LogP contribution is 2.26. The molecule has 0 heterocycles. The van der Waals surface area contributed by atoms with E-state index in [4.69, 9.17) is 10.5 Å². The first-order valence-electron chi connectivity index (χ1n) is 6.93. The number of hydrogen-bond donors (Lipinski definition) is 1. The maximum atomic E-state index is 12.2. The number of rotatable bonds is 10. The van der Waals surface area contributed by atoms with Crippen molar-refractivity contribution < 1.29 is 9.53 Å². The average Bonchev–Trinajstić information content (AvgIpc) is 3.18. The highest BCUT2D eigenvalue weighted by molar-refractivity contribution is 5.78. The van der Waals surface area contributed by atoms with Gasteiger partial charge in [-0.3, -0.25) is 9.69 Å². The minimum Gasteiger partial charge on any atom is -0.383 e. The highest BCUT2D eigenvalue weighted by Gasteiger charge is 2.31. The normalized spacial score (nSPS) is 15.1. The summed E-state index contributed by atoms with van der Waals surface area (Å²) in [7, 11) is 1.69. The van der Waals surface area contributed by atoms with Crippen LogP contribution in [0.5, 0.6) is 0 Å². The van der Waals surface area contributed by atoms with Crippen molar-refractivity contribution in [3.8, 4) is 0 Å². The van der Waals surface area contributed by atoms with E-state index in [-0.39, 0.29) is 5.91 Å². The van der Waals surface area contributed by atoms with Gasteiger partial charge in [-0.2, -0.15) is 0 Å². The van der Waals surface area contributed by atoms with Gasteiger partial charge in [0.2, 0.25) is 5.91 Å². The Kier molecular flexibility index (Phi) is 7.23. The van der Waals surface area contributed by atoms with Crippen LogP contribution < -0.4 is 5.73 Å². The summed E-state index contributed by atoms with van der Waals surface area (Å²) in [5.41, 5.74) is 5.53. The molecule has 18 heavy (non-hydrogen) atoms. The number of carbonyl (C=O) groups is 1. The Morgan fingerprint density at radius 1 is 1.39 bits per heavy atom. The van der Waals surface area contributed by atoms with Gasteiger partial charge in [-0.05, 0) is 39.3 Å². The second kappa shape index (κ2) is 8.45. The van der Waals surface area contributed by atoms with Crippen LogP contribution in [0.2, 0.25) is 0 Å². The summed E-state index contributed by atoms with van der Waals surface area (Å²) >= 11 is 0. The number of ether oxygens (including phenoxy) is 1. The molecule has 0 unspecified atom stereocenters. The number of amides is 1. The smallest absolute Gasteiger partial charge is 0.236 e. The van der Waals surface area contributed by atoms with Crippen molar-refractivity contribution in [3.63, 3.8) is 0 Å². The molecule has 0 atom stereocenters. The second-order valence-electron chi connectivity index (χ2n) is 4.82. The van der Waals surface area contributed by atoms with Gasteiger partial charge in [0.15, 0.2) is 0 Å². The molecule has 1 amide bonds. The highest BCUT2D eigenvalue weighted by atomic mass is 16.5. The quantitative estimate of drug-likeness (QED) is 0.611. The molecule has 0 aromatic carbocycles. The molecule has 1 aliphatic rings. The number of methoxy groups -OCH3 is 1. The average molecular weight is 257 g/mol. The molecule has 0 radical (unpaired) electrons. The van der Waals surface area contributed by atoms with E-state index in [2.05, 4.69) is 11.8 Å². The third kappa shape index (κ3) is 5.33. The molecule has 1 rings (SSSR count). The summed E-state index contributed by atoms with van der Waals surface area (Å²) in [6.07, 6.45) is 3.26. The van der Waals surface area contributed by atoms with E-state index in [0.29, 0.717) is 25.7 Å². The van der Waals surface area contributed by atoms with Crippen LogP contribution in [0, 0.1) is 0 Å². The Bertz CT molecular complexity index is 236. The van der Waals surface area contributed by atoms with Crippen molar-refractivity contribution in [1.29, 1.82) is 0 Å². The first-order chi connectivity index (χ1) is 8.72. The van der Waals surface area contributed by atoms with Crippen LogP contribution in [0.4, 0.5) is 0 Å². The Morgan fingerprint density at radius 3 is 2.61 bits per heavy atom. The van der Waals surface area contributed by atoms with Gasteiger partial charge in [0, 0.05) is 26.2 Å². The molecule has 5 heteroatoms. The Hall–Kier alpha value is -0.650. The third-order valence-corrected chi connectivity index (χ3v) is 3.30. The Morgan fingerprint density at radius 2 is 2.11 bits per heavy atom. The minimum atomic E-state index is 0.244. The molecule has 0 aliphatic heterocycles. The molecule has 0 aromatic heterocycles. The molecule has 0 bridgehead atoms. The summed E-state index contributed by atoms with van der Waals surface area (Å²) in [4.78, 5) is 16.3. The molecule has 0 aromatic rings. The van der Waals surface area contributed by atoms with Gasteiger partial charge in [-0.15, -0.1) is 0 Å². The number of nitrogens with two attached hydrogens (primary N) is 1. The summed E-state index contributed by atoms with van der Waals surface area (Å²) in [5.74, 6) is 0.244. The zero-order chi connectivity index (χ0) is 13.4. The molecule has 1 fully saturated rings. The molecular formula is C13H27N3O2. The maximum absolute atomic E-state index is 12.2. The van der Waals surface area contributed by atoms with E-state index in [1.165, 1.54) is 12.8 Å². The van der Waals surface area contributed by atoms with E-state index in [1.54, 1.807) is 7.11 Å². The second-order valence-corrected chi connectivity index (χ2v) is 4.82. The van der Waals surface area contributed by atoms with E-state index in [0.717, 1.165) is 26.1 Å². The van der Waals surface area contributed by atoms with Gasteiger partial charge in [0.05, 0.1) is 13.2 Å². The molecule has 1 saturated carbocycles. The van der Waals surface area contributed by atoms with E-state index < -0.39 is 0 Å². The first-order valence-corrected chi connectivity index (χ1v) is 6.93. The molecule has 0 spiro atoms. The SMILES string of the molecule is CCN(C(=O)CN(CCCN)CCOC)C1CC1. The third-order valence-electron chi connectivity index (χ3n) is 3.30. The molecular weight excluding hydrogens is 230 g/mol. The molecule has 2 N–H and O–H groups in total. The van der Waals surface area contributed by atoms with Gasteiger partial charge in [-0.25, -0.2) is 0 Å². The predicted octanol–water partition coefficient (Wildman–Crippen LogP) is 0.295. The van der Waals surface area contributed by atoms with Crippen LogP contribution in [0.25, 0.3) is 0 Å². The zero-order valence-corrected chi connectivity index (χ0v) is 11.7. The van der Waals surface area contributed by atoms with Crippen molar-refractivity contribution >= 4 is 5.91 Å². The minimum absolute atomic E-state index is 0.244. The number of carbonyl (C=O) groups excluding carboxylic acids is 1. The topological polar surface area (TPSA) is 58.8 Å². The summed E-state index contributed by atoms with van der Waals surface area (Å²) in [5, 5.41) is 0. The van der Waals surface area contributed by atoms with Gasteiger partial charge in [0.1, 0.15) is 0 Å². The fourth-order valence-corrected chi connectivity index (χ4v) is 2.11. The zero-order valence-electron chi connectivity index (χ0n) is 11.7. The molecule has 0 saturated heterocycles. The maximum Gasteiger partial charge on any atom is 0.236 e. The van der Waals surface area contributed by atoms with Crippen LogP contribution in [-0.2, 0) is 9.53 Å². The van der Waals surface area contributed by atoms with Crippen molar-refractivity contribution in [3.05, 3.63) is 0 Å². The largest absolute Gasteiger partial charge is 0.383 e. The Balaban J connectivity index is 2.38. The first kappa shape index (κ1) is 15.4. The van der Waals surface area contributed by atoms with Gasteiger partial charge < -0.3 is 15.4 Å². The van der Waals surface area contributed by atoms with Crippen LogP contribution in [0.15, 0.2) is 0 Å². The van der Waals surface area contributed by atoms with E-state index >= 15 is 0 Å². The standard InChI is InChI=1S/C13H27N3O2/c1-3-16(12-5-6-12)13(17)11-15(8-4-7-14)9-10-18-2/h12H,3-11,14H2,1-2H3. The van der Waals surface area contributed by atoms with Crippen LogP contribution >= 0.6 is 0 Å². The fourth-order valence-electron chi connectivity index (χ4n) is 2.11. The Labute approximate surface area is 110 Å². The lowest BCUT2D eigenvalue weighted by Gasteiger charge is -2.26. The van der Waals surface area contributed by atoms with E-state index in [9.17, 15) is 4.79 Å². The van der Waals surface area contributed by atoms with Gasteiger partial charge in [-0.1, -0.05) is 0 Å². The molecule has 1 aliphatic carbocycles. The number of likely N-dealkylation sites (N-methyl/N-ethyl adjacent to an activating group) is 1. The lowest BCUT2D eigenvalue weighted by Crippen LogP contribution is -2.43. The number of nitrogens with zero attached hydrogens (tertiary/aromatic N) is 2. The number of hydrogen-bond acceptors (Lipinski definition) is 4. The van der Waals surface area contributed by atoms with Crippen LogP contribution in [0.1, 0.15) is 26.2 Å².